The van der Waals surface area contributed by atoms with Gasteiger partial charge >= 0.3 is 0 Å². The summed E-state index contributed by atoms with van der Waals surface area (Å²) < 4.78 is 0. The van der Waals surface area contributed by atoms with Crippen molar-refractivity contribution in [2.45, 2.75) is 46.1 Å². The maximum Gasteiger partial charge on any atom is 0.252 e. The van der Waals surface area contributed by atoms with Gasteiger partial charge in [-0.1, -0.05) is 50.4 Å². The van der Waals surface area contributed by atoms with Gasteiger partial charge in [0.05, 0.1) is 10.6 Å². The van der Waals surface area contributed by atoms with Crippen LogP contribution in [0, 0.1) is 5.92 Å². The van der Waals surface area contributed by atoms with Crippen molar-refractivity contribution in [2.75, 3.05) is 20.1 Å². The first-order valence-corrected chi connectivity index (χ1v) is 9.31. The average molecular weight is 367 g/mol. The second-order valence-corrected chi connectivity index (χ2v) is 7.01. The topological polar surface area (TPSA) is 65.5 Å². The van der Waals surface area contributed by atoms with Crippen molar-refractivity contribution in [1.82, 2.24) is 16.0 Å². The lowest BCUT2D eigenvalue weighted by molar-refractivity contribution is 0.0954. The van der Waals surface area contributed by atoms with Gasteiger partial charge < -0.3 is 16.0 Å². The number of hydrogen-bond acceptors (Lipinski definition) is 2. The van der Waals surface area contributed by atoms with E-state index >= 15 is 0 Å². The average Bonchev–Trinajstić information content (AvgIpc) is 2.57. The first-order valence-electron chi connectivity index (χ1n) is 8.94. The van der Waals surface area contributed by atoms with Crippen molar-refractivity contribution in [2.24, 2.45) is 10.9 Å². The number of carbonyl (C=O) groups excluding carboxylic acids is 1. The van der Waals surface area contributed by atoms with Crippen LogP contribution in [-0.2, 0) is 0 Å². The summed E-state index contributed by atoms with van der Waals surface area (Å²) >= 11 is 6.02. The van der Waals surface area contributed by atoms with E-state index in [0.29, 0.717) is 29.7 Å². The zero-order chi connectivity index (χ0) is 18.7. The van der Waals surface area contributed by atoms with Crippen LogP contribution >= 0.6 is 11.6 Å². The Morgan fingerprint density at radius 2 is 1.80 bits per heavy atom. The molecule has 25 heavy (non-hydrogen) atoms. The van der Waals surface area contributed by atoms with Crippen molar-refractivity contribution in [3.8, 4) is 0 Å². The molecule has 0 saturated heterocycles. The fourth-order valence-electron chi connectivity index (χ4n) is 2.43. The van der Waals surface area contributed by atoms with Crippen molar-refractivity contribution in [3.05, 3.63) is 34.9 Å². The standard InChI is InChI=1S/C19H31ClN4O/c1-14(2)8-7-9-15(3)24-19(21-4)23-13-12-22-18(25)16-10-5-6-11-17(16)20/h5-6,10-11,14-15H,7-9,12-13H2,1-4H3,(H,22,25)(H2,21,23,24). The van der Waals surface area contributed by atoms with Crippen LogP contribution in [0.3, 0.4) is 0 Å². The van der Waals surface area contributed by atoms with Crippen molar-refractivity contribution in [3.63, 3.8) is 0 Å². The monoisotopic (exact) mass is 366 g/mol. The number of amides is 1. The molecule has 0 radical (unpaired) electrons. The zero-order valence-electron chi connectivity index (χ0n) is 15.7. The highest BCUT2D eigenvalue weighted by atomic mass is 35.5. The van der Waals surface area contributed by atoms with Gasteiger partial charge in [-0.15, -0.1) is 0 Å². The zero-order valence-corrected chi connectivity index (χ0v) is 16.5. The van der Waals surface area contributed by atoms with Crippen LogP contribution in [0.4, 0.5) is 0 Å². The van der Waals surface area contributed by atoms with Gasteiger partial charge in [0.15, 0.2) is 5.96 Å². The normalized spacial score (nSPS) is 12.8. The fourth-order valence-corrected chi connectivity index (χ4v) is 2.65. The van der Waals surface area contributed by atoms with E-state index in [1.54, 1.807) is 31.3 Å². The molecule has 1 atom stereocenters. The Labute approximate surface area is 156 Å². The molecular formula is C19H31ClN4O. The van der Waals surface area contributed by atoms with Gasteiger partial charge in [0.25, 0.3) is 5.91 Å². The molecule has 1 aromatic rings. The van der Waals surface area contributed by atoms with E-state index in [1.165, 1.54) is 12.8 Å². The summed E-state index contributed by atoms with van der Waals surface area (Å²) in [6, 6.07) is 7.39. The van der Waals surface area contributed by atoms with Gasteiger partial charge in [-0.2, -0.15) is 0 Å². The summed E-state index contributed by atoms with van der Waals surface area (Å²) in [4.78, 5) is 16.3. The molecule has 0 aromatic heterocycles. The minimum absolute atomic E-state index is 0.169. The Morgan fingerprint density at radius 3 is 2.44 bits per heavy atom. The fraction of sp³-hybridized carbons (Fsp3) is 0.579. The number of carbonyl (C=O) groups is 1. The number of rotatable bonds is 9. The molecule has 1 unspecified atom stereocenters. The molecule has 140 valence electrons. The maximum atomic E-state index is 12.1. The van der Waals surface area contributed by atoms with Gasteiger partial charge in [0.2, 0.25) is 0 Å². The summed E-state index contributed by atoms with van der Waals surface area (Å²) in [5, 5.41) is 9.90. The Morgan fingerprint density at radius 1 is 1.12 bits per heavy atom. The van der Waals surface area contributed by atoms with Crippen LogP contribution in [0.1, 0.15) is 50.4 Å². The maximum absolute atomic E-state index is 12.1. The van der Waals surface area contributed by atoms with Crippen LogP contribution < -0.4 is 16.0 Å². The molecule has 1 rings (SSSR count). The van der Waals surface area contributed by atoms with Gasteiger partial charge in [0.1, 0.15) is 0 Å². The minimum Gasteiger partial charge on any atom is -0.355 e. The molecule has 0 fully saturated rings. The number of nitrogens with one attached hydrogen (secondary N) is 3. The summed E-state index contributed by atoms with van der Waals surface area (Å²) in [6.07, 6.45) is 3.56. The van der Waals surface area contributed by atoms with Crippen LogP contribution in [0.25, 0.3) is 0 Å². The molecule has 1 aromatic carbocycles. The molecule has 1 amide bonds. The molecule has 0 bridgehead atoms. The lowest BCUT2D eigenvalue weighted by Gasteiger charge is -2.18. The summed E-state index contributed by atoms with van der Waals surface area (Å²) in [6.45, 7) is 7.73. The second-order valence-electron chi connectivity index (χ2n) is 6.60. The Hall–Kier alpha value is -1.75. The SMILES string of the molecule is CN=C(NCCNC(=O)c1ccccc1Cl)NC(C)CCCC(C)C. The van der Waals surface area contributed by atoms with Crippen molar-refractivity contribution >= 4 is 23.5 Å². The van der Waals surface area contributed by atoms with E-state index < -0.39 is 0 Å². The van der Waals surface area contributed by atoms with Crippen molar-refractivity contribution < 1.29 is 4.79 Å². The molecule has 0 aliphatic heterocycles. The predicted octanol–water partition coefficient (Wildman–Crippen LogP) is 3.45. The van der Waals surface area contributed by atoms with E-state index in [4.69, 9.17) is 11.6 Å². The van der Waals surface area contributed by atoms with Crippen LogP contribution in [0.15, 0.2) is 29.3 Å². The van der Waals surface area contributed by atoms with E-state index in [-0.39, 0.29) is 5.91 Å². The quantitative estimate of drug-likeness (QED) is 0.356. The molecular weight excluding hydrogens is 336 g/mol. The molecule has 3 N–H and O–H groups in total. The van der Waals surface area contributed by atoms with Crippen LogP contribution in [0.2, 0.25) is 5.02 Å². The summed E-state index contributed by atoms with van der Waals surface area (Å²) in [7, 11) is 1.75. The number of benzene rings is 1. The molecule has 0 aliphatic rings. The van der Waals surface area contributed by atoms with Crippen LogP contribution in [0.5, 0.6) is 0 Å². The van der Waals surface area contributed by atoms with Gasteiger partial charge in [0, 0.05) is 26.2 Å². The lowest BCUT2D eigenvalue weighted by atomic mass is 10.0. The van der Waals surface area contributed by atoms with E-state index in [1.807, 2.05) is 0 Å². The molecule has 5 nitrogen and oxygen atoms in total. The summed E-state index contributed by atoms with van der Waals surface area (Å²) in [5.41, 5.74) is 0.491. The van der Waals surface area contributed by atoms with E-state index in [9.17, 15) is 4.79 Å². The number of halogens is 1. The third kappa shape index (κ3) is 8.77. The molecule has 0 aliphatic carbocycles. The Balaban J connectivity index is 2.27. The number of hydrogen-bond donors (Lipinski definition) is 3. The first kappa shape index (κ1) is 21.3. The Kier molecular flexibility index (Phi) is 10.0. The van der Waals surface area contributed by atoms with Crippen molar-refractivity contribution in [1.29, 1.82) is 0 Å². The highest BCUT2D eigenvalue weighted by molar-refractivity contribution is 6.33. The van der Waals surface area contributed by atoms with E-state index in [0.717, 1.165) is 18.3 Å². The second kappa shape index (κ2) is 11.7. The molecule has 0 saturated carbocycles. The first-order chi connectivity index (χ1) is 11.9. The largest absolute Gasteiger partial charge is 0.355 e. The van der Waals surface area contributed by atoms with Gasteiger partial charge in [-0.25, -0.2) is 0 Å². The van der Waals surface area contributed by atoms with Gasteiger partial charge in [-0.05, 0) is 31.4 Å². The predicted molar refractivity (Wildman–Crippen MR) is 106 cm³/mol. The lowest BCUT2D eigenvalue weighted by Crippen LogP contribution is -2.44. The smallest absolute Gasteiger partial charge is 0.252 e. The minimum atomic E-state index is -0.169. The molecule has 6 heteroatoms. The highest BCUT2D eigenvalue weighted by Gasteiger charge is 2.09. The van der Waals surface area contributed by atoms with Gasteiger partial charge in [-0.3, -0.25) is 9.79 Å². The third-order valence-electron chi connectivity index (χ3n) is 3.85. The Bertz CT molecular complexity index is 560. The molecule has 0 spiro atoms. The third-order valence-corrected chi connectivity index (χ3v) is 4.18. The highest BCUT2D eigenvalue weighted by Crippen LogP contribution is 2.14. The number of aliphatic imine (C=N–C) groups is 1. The number of guanidine groups is 1. The molecule has 0 heterocycles. The number of nitrogens with zero attached hydrogens (tertiary/aromatic N) is 1. The van der Waals surface area contributed by atoms with E-state index in [2.05, 4.69) is 41.7 Å². The van der Waals surface area contributed by atoms with Crippen LogP contribution in [-0.4, -0.2) is 38.0 Å². The summed E-state index contributed by atoms with van der Waals surface area (Å²) in [5.74, 6) is 1.33.